The molecule has 1 aromatic carbocycles. The van der Waals surface area contributed by atoms with Crippen molar-refractivity contribution >= 4 is 11.6 Å². The number of anilines is 1. The van der Waals surface area contributed by atoms with Crippen molar-refractivity contribution in [3.8, 4) is 0 Å². The summed E-state index contributed by atoms with van der Waals surface area (Å²) >= 11 is 0. The Morgan fingerprint density at radius 2 is 2.06 bits per heavy atom. The lowest BCUT2D eigenvalue weighted by Gasteiger charge is -2.24. The number of rotatable bonds is 6. The van der Waals surface area contributed by atoms with Crippen molar-refractivity contribution in [1.82, 2.24) is 0 Å². The largest absolute Gasteiger partial charge is 0.373 e. The second-order valence-electron chi connectivity index (χ2n) is 5.14. The lowest BCUT2D eigenvalue weighted by atomic mass is 9.91. The predicted molar refractivity (Wildman–Crippen MR) is 71.6 cm³/mol. The van der Waals surface area contributed by atoms with Crippen LogP contribution in [0.15, 0.2) is 24.3 Å². The first-order chi connectivity index (χ1) is 8.40. The van der Waals surface area contributed by atoms with E-state index in [4.69, 9.17) is 5.73 Å². The molecule has 0 fully saturated rings. The fourth-order valence-electron chi connectivity index (χ4n) is 2.13. The molecule has 4 heteroatoms. The van der Waals surface area contributed by atoms with Gasteiger partial charge in [-0.1, -0.05) is 26.8 Å². The summed E-state index contributed by atoms with van der Waals surface area (Å²) in [6, 6.07) is 5.57. The maximum Gasteiger partial charge on any atom is 0.240 e. The Labute approximate surface area is 108 Å². The highest BCUT2D eigenvalue weighted by atomic mass is 19.1. The number of benzene rings is 1. The second-order valence-corrected chi connectivity index (χ2v) is 5.14. The molecule has 0 aliphatic heterocycles. The van der Waals surface area contributed by atoms with Gasteiger partial charge in [-0.3, -0.25) is 4.79 Å². The van der Waals surface area contributed by atoms with E-state index in [1.54, 1.807) is 12.1 Å². The predicted octanol–water partition coefficient (Wildman–Crippen LogP) is 2.77. The van der Waals surface area contributed by atoms with Crippen LogP contribution in [0, 0.1) is 17.7 Å². The molecule has 0 aliphatic carbocycles. The molecule has 100 valence electrons. The highest BCUT2D eigenvalue weighted by Gasteiger charge is 2.23. The zero-order valence-electron chi connectivity index (χ0n) is 11.1. The van der Waals surface area contributed by atoms with Crippen LogP contribution in [0.2, 0.25) is 0 Å². The molecule has 1 rings (SSSR count). The summed E-state index contributed by atoms with van der Waals surface area (Å²) in [6.07, 6.45) is 0.885. The fraction of sp³-hybridized carbons (Fsp3) is 0.500. The molecule has 3 nitrogen and oxygen atoms in total. The van der Waals surface area contributed by atoms with E-state index in [-0.39, 0.29) is 11.7 Å². The number of hydrogen-bond donors (Lipinski definition) is 2. The Hall–Kier alpha value is -1.58. The van der Waals surface area contributed by atoms with Crippen LogP contribution in [-0.4, -0.2) is 11.9 Å². The topological polar surface area (TPSA) is 55.1 Å². The van der Waals surface area contributed by atoms with E-state index in [1.165, 1.54) is 12.1 Å². The van der Waals surface area contributed by atoms with Gasteiger partial charge in [-0.25, -0.2) is 4.39 Å². The average Bonchev–Trinajstić information content (AvgIpc) is 2.24. The van der Waals surface area contributed by atoms with Gasteiger partial charge < -0.3 is 11.1 Å². The van der Waals surface area contributed by atoms with E-state index in [0.717, 1.165) is 6.42 Å². The molecule has 2 unspecified atom stereocenters. The van der Waals surface area contributed by atoms with Crippen LogP contribution in [0.5, 0.6) is 0 Å². The average molecular weight is 252 g/mol. The molecule has 0 heterocycles. The zero-order chi connectivity index (χ0) is 13.7. The van der Waals surface area contributed by atoms with E-state index in [1.807, 2.05) is 6.92 Å². The quantitative estimate of drug-likeness (QED) is 0.818. The number of halogens is 1. The Morgan fingerprint density at radius 1 is 1.39 bits per heavy atom. The van der Waals surface area contributed by atoms with E-state index >= 15 is 0 Å². The molecule has 2 atom stereocenters. The SMILES string of the molecule is CC(C)CC(C)C(Nc1cccc(F)c1)C(N)=O. The summed E-state index contributed by atoms with van der Waals surface area (Å²) in [5.41, 5.74) is 5.98. The van der Waals surface area contributed by atoms with E-state index in [0.29, 0.717) is 11.6 Å². The summed E-state index contributed by atoms with van der Waals surface area (Å²) < 4.78 is 13.1. The molecule has 0 aliphatic rings. The lowest BCUT2D eigenvalue weighted by Crippen LogP contribution is -2.41. The fourth-order valence-corrected chi connectivity index (χ4v) is 2.13. The van der Waals surface area contributed by atoms with Gasteiger partial charge in [0.2, 0.25) is 5.91 Å². The molecule has 0 spiro atoms. The first kappa shape index (κ1) is 14.5. The first-order valence-corrected chi connectivity index (χ1v) is 6.21. The highest BCUT2D eigenvalue weighted by Crippen LogP contribution is 2.19. The van der Waals surface area contributed by atoms with Crippen LogP contribution in [0.3, 0.4) is 0 Å². The Bertz CT molecular complexity index is 407. The molecule has 0 saturated carbocycles. The molecule has 1 amide bonds. The van der Waals surface area contributed by atoms with Crippen molar-refractivity contribution in [2.45, 2.75) is 33.2 Å². The van der Waals surface area contributed by atoms with Gasteiger partial charge in [0.05, 0.1) is 0 Å². The van der Waals surface area contributed by atoms with Crippen LogP contribution in [0.1, 0.15) is 27.2 Å². The molecule has 3 N–H and O–H groups in total. The van der Waals surface area contributed by atoms with Gasteiger partial charge in [0, 0.05) is 5.69 Å². The van der Waals surface area contributed by atoms with Crippen molar-refractivity contribution in [1.29, 1.82) is 0 Å². The highest BCUT2D eigenvalue weighted by molar-refractivity contribution is 5.83. The van der Waals surface area contributed by atoms with Crippen LogP contribution in [0.25, 0.3) is 0 Å². The number of amides is 1. The van der Waals surface area contributed by atoms with Gasteiger partial charge in [0.15, 0.2) is 0 Å². The number of nitrogens with two attached hydrogens (primary N) is 1. The molecule has 0 radical (unpaired) electrons. The minimum atomic E-state index is -0.478. The number of hydrogen-bond acceptors (Lipinski definition) is 2. The smallest absolute Gasteiger partial charge is 0.240 e. The van der Waals surface area contributed by atoms with Gasteiger partial charge in [0.1, 0.15) is 11.9 Å². The molecular weight excluding hydrogens is 231 g/mol. The van der Waals surface area contributed by atoms with Gasteiger partial charge in [0.25, 0.3) is 0 Å². The molecular formula is C14H21FN2O. The minimum absolute atomic E-state index is 0.103. The van der Waals surface area contributed by atoms with E-state index in [9.17, 15) is 9.18 Å². The summed E-state index contributed by atoms with van der Waals surface area (Å²) in [5.74, 6) is -0.158. The van der Waals surface area contributed by atoms with Crippen molar-refractivity contribution in [2.24, 2.45) is 17.6 Å². The summed E-state index contributed by atoms with van der Waals surface area (Å²) in [7, 11) is 0. The lowest BCUT2D eigenvalue weighted by molar-refractivity contribution is -0.119. The Morgan fingerprint density at radius 3 is 2.56 bits per heavy atom. The van der Waals surface area contributed by atoms with Crippen LogP contribution >= 0.6 is 0 Å². The third-order valence-corrected chi connectivity index (χ3v) is 2.87. The van der Waals surface area contributed by atoms with Gasteiger partial charge in [-0.05, 0) is 36.5 Å². The van der Waals surface area contributed by atoms with Crippen molar-refractivity contribution in [3.05, 3.63) is 30.1 Å². The molecule has 0 bridgehead atoms. The van der Waals surface area contributed by atoms with Crippen LogP contribution in [0.4, 0.5) is 10.1 Å². The second kappa shape index (κ2) is 6.38. The van der Waals surface area contributed by atoms with Crippen molar-refractivity contribution in [3.63, 3.8) is 0 Å². The standard InChI is InChI=1S/C14H21FN2O/c1-9(2)7-10(3)13(14(16)18)17-12-6-4-5-11(15)8-12/h4-6,8-10,13,17H,7H2,1-3H3,(H2,16,18). The normalized spacial score (nSPS) is 14.3. The number of carbonyl (C=O) groups excluding carboxylic acids is 1. The summed E-state index contributed by atoms with van der Waals surface area (Å²) in [6.45, 7) is 6.16. The molecule has 0 aromatic heterocycles. The molecule has 1 aromatic rings. The Kier molecular flexibility index (Phi) is 5.13. The summed E-state index contributed by atoms with van der Waals surface area (Å²) in [5, 5.41) is 3.01. The van der Waals surface area contributed by atoms with Crippen LogP contribution < -0.4 is 11.1 Å². The van der Waals surface area contributed by atoms with E-state index < -0.39 is 11.9 Å². The van der Waals surface area contributed by atoms with Gasteiger partial charge in [-0.2, -0.15) is 0 Å². The van der Waals surface area contributed by atoms with Crippen molar-refractivity contribution in [2.75, 3.05) is 5.32 Å². The van der Waals surface area contributed by atoms with Crippen molar-refractivity contribution < 1.29 is 9.18 Å². The maximum absolute atomic E-state index is 13.1. The number of nitrogens with one attached hydrogen (secondary N) is 1. The molecule has 18 heavy (non-hydrogen) atoms. The van der Waals surface area contributed by atoms with E-state index in [2.05, 4.69) is 19.2 Å². The zero-order valence-corrected chi connectivity index (χ0v) is 11.1. The third-order valence-electron chi connectivity index (χ3n) is 2.87. The van der Waals surface area contributed by atoms with Crippen LogP contribution in [-0.2, 0) is 4.79 Å². The first-order valence-electron chi connectivity index (χ1n) is 6.21. The van der Waals surface area contributed by atoms with Gasteiger partial charge >= 0.3 is 0 Å². The third kappa shape index (κ3) is 4.35. The Balaban J connectivity index is 2.77. The summed E-state index contributed by atoms with van der Waals surface area (Å²) in [4.78, 5) is 11.5. The maximum atomic E-state index is 13.1. The monoisotopic (exact) mass is 252 g/mol. The minimum Gasteiger partial charge on any atom is -0.373 e. The van der Waals surface area contributed by atoms with Gasteiger partial charge in [-0.15, -0.1) is 0 Å². The number of primary amides is 1. The molecule has 0 saturated heterocycles. The number of carbonyl (C=O) groups is 1.